The number of rotatable bonds is 3. The molecule has 2 heterocycles. The highest BCUT2D eigenvalue weighted by atomic mass is 16.5. The van der Waals surface area contributed by atoms with Gasteiger partial charge in [-0.05, 0) is 17.3 Å². The van der Waals surface area contributed by atoms with Crippen molar-refractivity contribution in [2.24, 2.45) is 0 Å². The Morgan fingerprint density at radius 3 is 3.00 bits per heavy atom. The Labute approximate surface area is 118 Å². The average Bonchev–Trinajstić information content (AvgIpc) is 2.99. The fourth-order valence-electron chi connectivity index (χ4n) is 1.91. The maximum absolute atomic E-state index is 12.1. The van der Waals surface area contributed by atoms with Crippen molar-refractivity contribution in [3.63, 3.8) is 0 Å². The van der Waals surface area contributed by atoms with Crippen molar-refractivity contribution in [2.75, 3.05) is 18.2 Å². The molecule has 1 aromatic carbocycles. The van der Waals surface area contributed by atoms with Gasteiger partial charge in [-0.1, -0.05) is 11.2 Å². The number of fused-ring (bicyclic) bond motifs is 1. The van der Waals surface area contributed by atoms with Gasteiger partial charge in [0.25, 0.3) is 11.9 Å². The van der Waals surface area contributed by atoms with Gasteiger partial charge in [-0.15, -0.1) is 5.10 Å². The van der Waals surface area contributed by atoms with Gasteiger partial charge in [0, 0.05) is 11.5 Å². The summed E-state index contributed by atoms with van der Waals surface area (Å²) in [7, 11) is 1.51. The lowest BCUT2D eigenvalue weighted by atomic mass is 10.1. The molecule has 0 fully saturated rings. The molecule has 1 amide bonds. The molecule has 0 bridgehead atoms. The molecule has 3 rings (SSSR count). The van der Waals surface area contributed by atoms with Crippen molar-refractivity contribution in [3.05, 3.63) is 30.0 Å². The number of para-hydroxylation sites is 1. The molecule has 3 aromatic rings. The standard InChI is InChI=1S/C12H11N7O2/c1-21-9-5-8(11(20)15-12-16-18-19-17-12)14-10-6(9)3-2-4-7(10)13/h2-5H,13H2,1H3,(H2,15,16,17,18,19,20). The normalized spacial score (nSPS) is 10.5. The first-order chi connectivity index (χ1) is 10.2. The number of methoxy groups -OCH3 is 1. The van der Waals surface area contributed by atoms with E-state index in [1.807, 2.05) is 6.07 Å². The third-order valence-electron chi connectivity index (χ3n) is 2.86. The number of ether oxygens (including phenoxy) is 1. The van der Waals surface area contributed by atoms with Crippen LogP contribution in [0.5, 0.6) is 5.75 Å². The summed E-state index contributed by atoms with van der Waals surface area (Å²) in [4.78, 5) is 16.4. The Morgan fingerprint density at radius 1 is 1.43 bits per heavy atom. The molecule has 9 heteroatoms. The van der Waals surface area contributed by atoms with Gasteiger partial charge in [-0.25, -0.2) is 4.98 Å². The topological polar surface area (TPSA) is 132 Å². The van der Waals surface area contributed by atoms with E-state index in [9.17, 15) is 4.79 Å². The molecule has 0 unspecified atom stereocenters. The monoisotopic (exact) mass is 285 g/mol. The van der Waals surface area contributed by atoms with Crippen molar-refractivity contribution in [3.8, 4) is 5.75 Å². The molecule has 2 aromatic heterocycles. The van der Waals surface area contributed by atoms with E-state index in [4.69, 9.17) is 10.5 Å². The van der Waals surface area contributed by atoms with Crippen molar-refractivity contribution >= 4 is 28.4 Å². The van der Waals surface area contributed by atoms with Gasteiger partial charge >= 0.3 is 0 Å². The van der Waals surface area contributed by atoms with Crippen LogP contribution in [0.4, 0.5) is 11.6 Å². The zero-order valence-corrected chi connectivity index (χ0v) is 11.0. The first kappa shape index (κ1) is 12.8. The number of benzene rings is 1. The van der Waals surface area contributed by atoms with Crippen LogP contribution in [0.25, 0.3) is 10.9 Å². The molecule has 4 N–H and O–H groups in total. The molecule has 0 radical (unpaired) electrons. The molecule has 0 aliphatic rings. The molecular formula is C12H11N7O2. The van der Waals surface area contributed by atoms with Crippen LogP contribution in [0.3, 0.4) is 0 Å². The Balaban J connectivity index is 2.06. The first-order valence-corrected chi connectivity index (χ1v) is 5.97. The molecule has 0 saturated heterocycles. The Morgan fingerprint density at radius 2 is 2.29 bits per heavy atom. The molecule has 9 nitrogen and oxygen atoms in total. The van der Waals surface area contributed by atoms with Crippen LogP contribution >= 0.6 is 0 Å². The van der Waals surface area contributed by atoms with Crippen LogP contribution in [0.15, 0.2) is 24.3 Å². The Hall–Kier alpha value is -3.23. The maximum atomic E-state index is 12.1. The number of aromatic nitrogens is 5. The predicted octanol–water partition coefficient (Wildman–Crippen LogP) is 0.591. The number of pyridine rings is 1. The molecule has 0 aliphatic carbocycles. The number of amides is 1. The zero-order chi connectivity index (χ0) is 14.8. The van der Waals surface area contributed by atoms with Crippen molar-refractivity contribution in [1.29, 1.82) is 0 Å². The molecule has 0 saturated carbocycles. The molecule has 0 atom stereocenters. The number of tetrazole rings is 1. The molecule has 0 spiro atoms. The van der Waals surface area contributed by atoms with Gasteiger partial charge in [0.1, 0.15) is 11.4 Å². The lowest BCUT2D eigenvalue weighted by Crippen LogP contribution is -2.15. The number of carbonyl (C=O) groups is 1. The van der Waals surface area contributed by atoms with Crippen molar-refractivity contribution in [1.82, 2.24) is 25.6 Å². The number of anilines is 2. The number of nitrogens with one attached hydrogen (secondary N) is 2. The SMILES string of the molecule is COc1cc(C(=O)Nc2nn[nH]n2)nc2c(N)cccc12. The number of aromatic amines is 1. The molecule has 0 aliphatic heterocycles. The summed E-state index contributed by atoms with van der Waals surface area (Å²) < 4.78 is 5.28. The summed E-state index contributed by atoms with van der Waals surface area (Å²) in [6.07, 6.45) is 0. The third-order valence-corrected chi connectivity index (χ3v) is 2.86. The Kier molecular flexibility index (Phi) is 3.07. The third kappa shape index (κ3) is 2.31. The van der Waals surface area contributed by atoms with Crippen LogP contribution < -0.4 is 15.8 Å². The molecular weight excluding hydrogens is 274 g/mol. The molecule has 106 valence electrons. The predicted molar refractivity (Wildman–Crippen MR) is 74.8 cm³/mol. The van der Waals surface area contributed by atoms with E-state index in [0.717, 1.165) is 5.39 Å². The number of nitrogen functional groups attached to an aromatic ring is 1. The largest absolute Gasteiger partial charge is 0.496 e. The highest BCUT2D eigenvalue weighted by molar-refractivity contribution is 6.05. The lowest BCUT2D eigenvalue weighted by Gasteiger charge is -2.09. The zero-order valence-electron chi connectivity index (χ0n) is 11.0. The van der Waals surface area contributed by atoms with Gasteiger partial charge in [0.05, 0.1) is 18.3 Å². The van der Waals surface area contributed by atoms with E-state index in [2.05, 4.69) is 30.9 Å². The van der Waals surface area contributed by atoms with Gasteiger partial charge in [0.2, 0.25) is 0 Å². The second kappa shape index (κ2) is 5.04. The average molecular weight is 285 g/mol. The number of H-pyrrole nitrogens is 1. The van der Waals surface area contributed by atoms with E-state index >= 15 is 0 Å². The second-order valence-electron chi connectivity index (χ2n) is 4.14. The van der Waals surface area contributed by atoms with Crippen molar-refractivity contribution < 1.29 is 9.53 Å². The van der Waals surface area contributed by atoms with E-state index in [1.165, 1.54) is 13.2 Å². The lowest BCUT2D eigenvalue weighted by molar-refractivity contribution is 0.102. The fraction of sp³-hybridized carbons (Fsp3) is 0.0833. The summed E-state index contributed by atoms with van der Waals surface area (Å²) in [5.41, 5.74) is 6.99. The quantitative estimate of drug-likeness (QED) is 0.600. The Bertz CT molecular complexity index is 801. The van der Waals surface area contributed by atoms with Crippen molar-refractivity contribution in [2.45, 2.75) is 0 Å². The summed E-state index contributed by atoms with van der Waals surface area (Å²) in [6, 6.07) is 6.84. The minimum Gasteiger partial charge on any atom is -0.496 e. The highest BCUT2D eigenvalue weighted by Crippen LogP contribution is 2.28. The summed E-state index contributed by atoms with van der Waals surface area (Å²) in [5, 5.41) is 16.1. The minimum absolute atomic E-state index is 0.0573. The van der Waals surface area contributed by atoms with E-state index in [-0.39, 0.29) is 11.6 Å². The second-order valence-corrected chi connectivity index (χ2v) is 4.14. The van der Waals surface area contributed by atoms with Gasteiger partial charge in [0.15, 0.2) is 0 Å². The number of hydrogen-bond acceptors (Lipinski definition) is 7. The van der Waals surface area contributed by atoms with Crippen LogP contribution in [0.2, 0.25) is 0 Å². The molecule has 21 heavy (non-hydrogen) atoms. The summed E-state index contributed by atoms with van der Waals surface area (Å²) in [6.45, 7) is 0. The number of carbonyl (C=O) groups excluding carboxylic acids is 1. The van der Waals surface area contributed by atoms with Crippen LogP contribution in [-0.2, 0) is 0 Å². The van der Waals surface area contributed by atoms with Crippen LogP contribution in [-0.4, -0.2) is 38.6 Å². The van der Waals surface area contributed by atoms with Crippen LogP contribution in [0.1, 0.15) is 10.5 Å². The van der Waals surface area contributed by atoms with Gasteiger partial charge < -0.3 is 10.5 Å². The van der Waals surface area contributed by atoms with Gasteiger partial charge in [-0.2, -0.15) is 5.21 Å². The minimum atomic E-state index is -0.486. The first-order valence-electron chi connectivity index (χ1n) is 5.97. The fourth-order valence-corrected chi connectivity index (χ4v) is 1.91. The smallest absolute Gasteiger partial charge is 0.276 e. The van der Waals surface area contributed by atoms with E-state index in [0.29, 0.717) is 17.0 Å². The van der Waals surface area contributed by atoms with Crippen LogP contribution in [0, 0.1) is 0 Å². The number of nitrogens with two attached hydrogens (primary N) is 1. The van der Waals surface area contributed by atoms with Gasteiger partial charge in [-0.3, -0.25) is 10.1 Å². The summed E-state index contributed by atoms with van der Waals surface area (Å²) >= 11 is 0. The van der Waals surface area contributed by atoms with E-state index < -0.39 is 5.91 Å². The summed E-state index contributed by atoms with van der Waals surface area (Å²) in [5.74, 6) is 0.0762. The van der Waals surface area contributed by atoms with E-state index in [1.54, 1.807) is 12.1 Å². The maximum Gasteiger partial charge on any atom is 0.276 e. The highest BCUT2D eigenvalue weighted by Gasteiger charge is 2.15. The number of nitrogens with zero attached hydrogens (tertiary/aromatic N) is 4. The number of hydrogen-bond donors (Lipinski definition) is 3.